The lowest BCUT2D eigenvalue weighted by atomic mass is 10.2. The van der Waals surface area contributed by atoms with Crippen LogP contribution in [0, 0.1) is 20.2 Å². The first kappa shape index (κ1) is 21.2. The van der Waals surface area contributed by atoms with Gasteiger partial charge in [-0.1, -0.05) is 12.2 Å². The predicted octanol–water partition coefficient (Wildman–Crippen LogP) is 8.33. The highest BCUT2D eigenvalue weighted by molar-refractivity contribution is 7.38. The summed E-state index contributed by atoms with van der Waals surface area (Å²) in [7, 11) is 0. The molecule has 2 aromatic carbocycles. The molecule has 0 N–H and O–H groups in total. The third-order valence-electron chi connectivity index (χ3n) is 4.95. The van der Waals surface area contributed by atoms with Gasteiger partial charge in [0.05, 0.1) is 19.2 Å². The van der Waals surface area contributed by atoms with Crippen LogP contribution in [-0.2, 0) is 0 Å². The second-order valence-electron chi connectivity index (χ2n) is 7.15. The molecule has 0 atom stereocenters. The normalized spacial score (nSPS) is 11.9. The fraction of sp³-hybridized carbons (Fsp3) is 0. The average molecular weight is 491 g/mol. The molecule has 0 aliphatic carbocycles. The smallest absolute Gasteiger partial charge is 0.258 e. The van der Waals surface area contributed by atoms with E-state index in [2.05, 4.69) is 12.1 Å². The molecular formula is C24H14N2O4S3. The molecule has 0 fully saturated rings. The van der Waals surface area contributed by atoms with Crippen LogP contribution < -0.4 is 0 Å². The number of thiophene rings is 3. The van der Waals surface area contributed by atoms with Crippen molar-refractivity contribution in [2.75, 3.05) is 0 Å². The maximum Gasteiger partial charge on any atom is 0.269 e. The standard InChI is InChI=1S/C24H14N2O4S3/c27-25(28)17-7-1-15(2-8-17)5-11-19-13-21-23(31-19)24-22(33-21)14-20(32-24)12-6-16-3-9-18(10-4-16)26(29)30/h1-14H/b11-5+,12-6+. The van der Waals surface area contributed by atoms with E-state index < -0.39 is 9.85 Å². The van der Waals surface area contributed by atoms with Gasteiger partial charge in [0.1, 0.15) is 0 Å². The van der Waals surface area contributed by atoms with Gasteiger partial charge in [0, 0.05) is 43.4 Å². The Hall–Kier alpha value is -3.66. The van der Waals surface area contributed by atoms with Gasteiger partial charge in [-0.05, 0) is 59.7 Å². The molecule has 6 nitrogen and oxygen atoms in total. The Balaban J connectivity index is 1.36. The van der Waals surface area contributed by atoms with Crippen molar-refractivity contribution in [1.82, 2.24) is 0 Å². The summed E-state index contributed by atoms with van der Waals surface area (Å²) in [6.45, 7) is 0. The van der Waals surface area contributed by atoms with Crippen LogP contribution in [0.1, 0.15) is 20.9 Å². The Morgan fingerprint density at radius 2 is 0.970 bits per heavy atom. The minimum atomic E-state index is -0.400. The van der Waals surface area contributed by atoms with E-state index in [4.69, 9.17) is 0 Å². The summed E-state index contributed by atoms with van der Waals surface area (Å²) in [6, 6.07) is 17.3. The first-order valence-corrected chi connectivity index (χ1v) is 12.2. The lowest BCUT2D eigenvalue weighted by Gasteiger charge is -1.93. The van der Waals surface area contributed by atoms with Gasteiger partial charge in [0.25, 0.3) is 11.4 Å². The van der Waals surface area contributed by atoms with Crippen molar-refractivity contribution >= 4 is 88.5 Å². The maximum atomic E-state index is 10.8. The third-order valence-corrected chi connectivity index (χ3v) is 8.66. The van der Waals surface area contributed by atoms with E-state index in [1.165, 1.54) is 43.1 Å². The first-order chi connectivity index (χ1) is 16.0. The Morgan fingerprint density at radius 1 is 0.576 bits per heavy atom. The highest BCUT2D eigenvalue weighted by Crippen LogP contribution is 2.44. The molecule has 9 heteroatoms. The summed E-state index contributed by atoms with van der Waals surface area (Å²) >= 11 is 5.22. The molecule has 5 aromatic rings. The number of non-ortho nitro benzene ring substituents is 2. The monoisotopic (exact) mass is 490 g/mol. The summed E-state index contributed by atoms with van der Waals surface area (Å²) in [5.41, 5.74) is 2.00. The number of benzene rings is 2. The topological polar surface area (TPSA) is 86.3 Å². The Labute approximate surface area is 199 Å². The zero-order chi connectivity index (χ0) is 22.9. The number of nitro groups is 2. The van der Waals surface area contributed by atoms with Crippen molar-refractivity contribution < 1.29 is 9.85 Å². The van der Waals surface area contributed by atoms with E-state index in [1.54, 1.807) is 58.3 Å². The highest BCUT2D eigenvalue weighted by atomic mass is 32.1. The van der Waals surface area contributed by atoms with Gasteiger partial charge in [-0.3, -0.25) is 20.2 Å². The fourth-order valence-corrected chi connectivity index (χ4v) is 7.15. The van der Waals surface area contributed by atoms with Crippen molar-refractivity contribution in [1.29, 1.82) is 0 Å². The molecule has 0 aliphatic heterocycles. The van der Waals surface area contributed by atoms with E-state index >= 15 is 0 Å². The molecule has 0 unspecified atom stereocenters. The molecule has 33 heavy (non-hydrogen) atoms. The molecule has 0 radical (unpaired) electrons. The van der Waals surface area contributed by atoms with Gasteiger partial charge in [0.2, 0.25) is 0 Å². The fourth-order valence-electron chi connectivity index (χ4n) is 3.31. The average Bonchev–Trinajstić information content (AvgIpc) is 3.47. The zero-order valence-corrected chi connectivity index (χ0v) is 19.3. The number of fused-ring (bicyclic) bond motifs is 3. The summed E-state index contributed by atoms with van der Waals surface area (Å²) in [5, 5.41) is 21.6. The summed E-state index contributed by atoms with van der Waals surface area (Å²) in [6.07, 6.45) is 7.99. The van der Waals surface area contributed by atoms with Gasteiger partial charge in [-0.25, -0.2) is 0 Å². The van der Waals surface area contributed by atoms with Crippen LogP contribution in [0.15, 0.2) is 60.7 Å². The highest BCUT2D eigenvalue weighted by Gasteiger charge is 2.12. The van der Waals surface area contributed by atoms with E-state index in [0.717, 1.165) is 20.9 Å². The van der Waals surface area contributed by atoms with Gasteiger partial charge >= 0.3 is 0 Å². The van der Waals surface area contributed by atoms with E-state index in [9.17, 15) is 20.2 Å². The lowest BCUT2D eigenvalue weighted by Crippen LogP contribution is -1.86. The van der Waals surface area contributed by atoms with Crippen molar-refractivity contribution in [3.05, 3.63) is 102 Å². The van der Waals surface area contributed by atoms with Crippen molar-refractivity contribution in [3.63, 3.8) is 0 Å². The van der Waals surface area contributed by atoms with Crippen molar-refractivity contribution in [2.45, 2.75) is 0 Å². The Bertz CT molecular complexity index is 1440. The van der Waals surface area contributed by atoms with Crippen molar-refractivity contribution in [3.8, 4) is 0 Å². The molecule has 0 amide bonds. The number of nitrogens with zero attached hydrogens (tertiary/aromatic N) is 2. The van der Waals surface area contributed by atoms with Gasteiger partial charge in [-0.2, -0.15) is 0 Å². The van der Waals surface area contributed by atoms with Crippen LogP contribution in [-0.4, -0.2) is 9.85 Å². The van der Waals surface area contributed by atoms with Crippen LogP contribution in [0.3, 0.4) is 0 Å². The van der Waals surface area contributed by atoms with Gasteiger partial charge in [-0.15, -0.1) is 34.0 Å². The molecule has 0 aliphatic rings. The maximum absolute atomic E-state index is 10.8. The molecular weight excluding hydrogens is 476 g/mol. The molecule has 3 heterocycles. The minimum Gasteiger partial charge on any atom is -0.258 e. The SMILES string of the molecule is O=[N+]([O-])c1ccc(/C=C/c2cc3sc4cc(/C=C/c5ccc([N+](=O)[O-])cc5)sc4c3s2)cc1. The Kier molecular flexibility index (Phi) is 5.59. The quantitative estimate of drug-likeness (QED) is 0.177. The summed E-state index contributed by atoms with van der Waals surface area (Å²) < 4.78 is 5.02. The van der Waals surface area contributed by atoms with Crippen molar-refractivity contribution in [2.24, 2.45) is 0 Å². The van der Waals surface area contributed by atoms with Gasteiger partial charge in [0.15, 0.2) is 0 Å². The van der Waals surface area contributed by atoms with Crippen LogP contribution in [0.4, 0.5) is 11.4 Å². The number of nitro benzene ring substituents is 2. The van der Waals surface area contributed by atoms with E-state index in [1.807, 2.05) is 24.3 Å². The first-order valence-electron chi connectivity index (χ1n) is 9.77. The largest absolute Gasteiger partial charge is 0.269 e. The van der Waals surface area contributed by atoms with Gasteiger partial charge < -0.3 is 0 Å². The molecule has 3 aromatic heterocycles. The molecule has 0 spiro atoms. The zero-order valence-electron chi connectivity index (χ0n) is 16.8. The van der Waals surface area contributed by atoms with E-state index in [-0.39, 0.29) is 11.4 Å². The molecule has 162 valence electrons. The predicted molar refractivity (Wildman–Crippen MR) is 139 cm³/mol. The Morgan fingerprint density at radius 3 is 1.33 bits per heavy atom. The minimum absolute atomic E-state index is 0.0855. The third kappa shape index (κ3) is 4.47. The molecule has 5 rings (SSSR count). The lowest BCUT2D eigenvalue weighted by molar-refractivity contribution is -0.385. The van der Waals surface area contributed by atoms with Crippen LogP contribution in [0.25, 0.3) is 43.1 Å². The summed E-state index contributed by atoms with van der Waals surface area (Å²) in [4.78, 5) is 23.0. The summed E-state index contributed by atoms with van der Waals surface area (Å²) in [5.74, 6) is 0. The molecule has 0 saturated heterocycles. The second-order valence-corrected chi connectivity index (χ2v) is 10.4. The van der Waals surface area contributed by atoms with E-state index in [0.29, 0.717) is 0 Å². The van der Waals surface area contributed by atoms with Crippen LogP contribution in [0.2, 0.25) is 0 Å². The molecule has 0 saturated carbocycles. The van der Waals surface area contributed by atoms with Crippen LogP contribution >= 0.6 is 34.0 Å². The number of hydrogen-bond donors (Lipinski definition) is 0. The second kappa shape index (κ2) is 8.70. The number of rotatable bonds is 6. The van der Waals surface area contributed by atoms with Crippen LogP contribution in [0.5, 0.6) is 0 Å². The molecule has 0 bridgehead atoms. The number of hydrogen-bond acceptors (Lipinski definition) is 7.